The first kappa shape index (κ1) is 12.8. The number of carbonyl (C=O) groups excluding carboxylic acids is 1. The van der Waals surface area contributed by atoms with E-state index in [9.17, 15) is 17.1 Å². The quantitative estimate of drug-likeness (QED) is 0.783. The van der Waals surface area contributed by atoms with E-state index in [1.54, 1.807) is 4.90 Å². The molecule has 0 unspecified atom stereocenters. The van der Waals surface area contributed by atoms with Gasteiger partial charge in [-0.15, -0.1) is 0 Å². The number of nitrogens with zero attached hydrogens (tertiary/aromatic N) is 1. The molecule has 5 nitrogen and oxygen atoms in total. The molecule has 1 amide bonds. The van der Waals surface area contributed by atoms with Crippen LogP contribution in [0.2, 0.25) is 0 Å². The van der Waals surface area contributed by atoms with E-state index < -0.39 is 10.5 Å². The Kier molecular flexibility index (Phi) is 3.51. The summed E-state index contributed by atoms with van der Waals surface area (Å²) in [4.78, 5) is 13.7. The van der Waals surface area contributed by atoms with Crippen molar-refractivity contribution in [2.45, 2.75) is 12.8 Å². The Bertz CT molecular complexity index is 535. The van der Waals surface area contributed by atoms with E-state index >= 15 is 0 Å². The molecule has 1 aliphatic rings. The van der Waals surface area contributed by atoms with E-state index in [4.69, 9.17) is 0 Å². The molecule has 1 aromatic rings. The fourth-order valence-corrected chi connectivity index (χ4v) is 2.21. The second kappa shape index (κ2) is 4.93. The Balaban J connectivity index is 2.09. The van der Waals surface area contributed by atoms with Gasteiger partial charge in [-0.25, -0.2) is 0 Å². The summed E-state index contributed by atoms with van der Waals surface area (Å²) in [6, 6.07) is 5.34. The Hall–Kier alpha value is -1.63. The maximum atomic E-state index is 12.3. The van der Waals surface area contributed by atoms with Gasteiger partial charge >= 0.3 is 10.5 Å². The van der Waals surface area contributed by atoms with E-state index in [1.165, 1.54) is 24.3 Å². The zero-order valence-electron chi connectivity index (χ0n) is 9.50. The van der Waals surface area contributed by atoms with Crippen LogP contribution in [-0.2, 0) is 10.5 Å². The molecule has 1 aromatic carbocycles. The zero-order valence-corrected chi connectivity index (χ0v) is 10.3. The SMILES string of the molecule is O=C(c1ccc(OS(=O)(=O)F)cc1)N1CCCC1. The van der Waals surface area contributed by atoms with Gasteiger partial charge in [0.15, 0.2) is 0 Å². The van der Waals surface area contributed by atoms with Crippen molar-refractivity contribution in [3.63, 3.8) is 0 Å². The first-order valence-corrected chi connectivity index (χ1v) is 6.80. The smallest absolute Gasteiger partial charge is 0.358 e. The van der Waals surface area contributed by atoms with Crippen molar-refractivity contribution in [3.8, 4) is 5.75 Å². The van der Waals surface area contributed by atoms with Crippen LogP contribution in [0.4, 0.5) is 3.89 Å². The highest BCUT2D eigenvalue weighted by molar-refractivity contribution is 7.81. The minimum Gasteiger partial charge on any atom is -0.358 e. The molecule has 0 atom stereocenters. The minimum atomic E-state index is -5.02. The predicted molar refractivity (Wildman–Crippen MR) is 62.2 cm³/mol. The molecule has 1 fully saturated rings. The fraction of sp³-hybridized carbons (Fsp3) is 0.364. The molecule has 0 radical (unpaired) electrons. The molecule has 0 saturated carbocycles. The van der Waals surface area contributed by atoms with Crippen LogP contribution < -0.4 is 4.18 Å². The Morgan fingerprint density at radius 3 is 2.22 bits per heavy atom. The number of amides is 1. The average molecular weight is 273 g/mol. The Morgan fingerprint density at radius 2 is 1.72 bits per heavy atom. The van der Waals surface area contributed by atoms with E-state index in [2.05, 4.69) is 4.18 Å². The summed E-state index contributed by atoms with van der Waals surface area (Å²) >= 11 is 0. The van der Waals surface area contributed by atoms with Crippen LogP contribution in [0.25, 0.3) is 0 Å². The van der Waals surface area contributed by atoms with Gasteiger partial charge in [0, 0.05) is 18.7 Å². The van der Waals surface area contributed by atoms with E-state index in [0.717, 1.165) is 25.9 Å². The van der Waals surface area contributed by atoms with E-state index in [1.807, 2.05) is 0 Å². The number of hydrogen-bond donors (Lipinski definition) is 0. The number of carbonyl (C=O) groups is 1. The van der Waals surface area contributed by atoms with Crippen molar-refractivity contribution < 1.29 is 21.3 Å². The monoisotopic (exact) mass is 273 g/mol. The lowest BCUT2D eigenvalue weighted by Gasteiger charge is -2.15. The van der Waals surface area contributed by atoms with Crippen molar-refractivity contribution in [2.24, 2.45) is 0 Å². The van der Waals surface area contributed by atoms with Crippen LogP contribution in [0.1, 0.15) is 23.2 Å². The van der Waals surface area contributed by atoms with Gasteiger partial charge < -0.3 is 9.08 Å². The van der Waals surface area contributed by atoms with Crippen LogP contribution in [0.15, 0.2) is 24.3 Å². The summed E-state index contributed by atoms with van der Waals surface area (Å²) in [5.74, 6) is -0.266. The molecule has 1 aliphatic heterocycles. The van der Waals surface area contributed by atoms with Gasteiger partial charge in [-0.2, -0.15) is 8.42 Å². The molecule has 0 aromatic heterocycles. The molecule has 0 spiro atoms. The molecule has 1 saturated heterocycles. The van der Waals surface area contributed by atoms with Crippen LogP contribution >= 0.6 is 0 Å². The third-order valence-electron chi connectivity index (χ3n) is 2.69. The van der Waals surface area contributed by atoms with Crippen LogP contribution in [-0.4, -0.2) is 32.3 Å². The molecular weight excluding hydrogens is 261 g/mol. The van der Waals surface area contributed by atoms with Crippen molar-refractivity contribution >= 4 is 16.4 Å². The summed E-state index contributed by atoms with van der Waals surface area (Å²) in [6.07, 6.45) is 1.99. The fourth-order valence-electron chi connectivity index (χ4n) is 1.87. The standard InChI is InChI=1S/C11H12FNO4S/c12-18(15,16)17-10-5-3-9(4-6-10)11(14)13-7-1-2-8-13/h3-6H,1-2,7-8H2. The number of likely N-dealkylation sites (tertiary alicyclic amines) is 1. The lowest BCUT2D eigenvalue weighted by Crippen LogP contribution is -2.27. The van der Waals surface area contributed by atoms with Crippen molar-refractivity contribution in [3.05, 3.63) is 29.8 Å². The first-order chi connectivity index (χ1) is 8.46. The summed E-state index contributed by atoms with van der Waals surface area (Å²) in [5.41, 5.74) is 0.431. The number of rotatable bonds is 3. The van der Waals surface area contributed by atoms with Gasteiger partial charge in [0.2, 0.25) is 0 Å². The normalized spacial score (nSPS) is 15.7. The Labute approximate surface area is 105 Å². The molecule has 1 heterocycles. The number of benzene rings is 1. The van der Waals surface area contributed by atoms with Crippen molar-refractivity contribution in [1.82, 2.24) is 4.90 Å². The topological polar surface area (TPSA) is 63.7 Å². The minimum absolute atomic E-state index is 0.109. The highest BCUT2D eigenvalue weighted by atomic mass is 32.3. The molecule has 0 bridgehead atoms. The molecule has 7 heteroatoms. The van der Waals surface area contributed by atoms with Gasteiger partial charge in [0.25, 0.3) is 5.91 Å². The van der Waals surface area contributed by atoms with E-state index in [0.29, 0.717) is 5.56 Å². The third-order valence-corrected chi connectivity index (χ3v) is 3.08. The maximum Gasteiger partial charge on any atom is 0.488 e. The van der Waals surface area contributed by atoms with Crippen LogP contribution in [0.3, 0.4) is 0 Å². The molecule has 0 N–H and O–H groups in total. The van der Waals surface area contributed by atoms with Crippen LogP contribution in [0.5, 0.6) is 5.75 Å². The van der Waals surface area contributed by atoms with Gasteiger partial charge in [-0.3, -0.25) is 4.79 Å². The first-order valence-electron chi connectivity index (χ1n) is 5.49. The summed E-state index contributed by atoms with van der Waals surface area (Å²) < 4.78 is 36.8. The highest BCUT2D eigenvalue weighted by Gasteiger charge is 2.19. The van der Waals surface area contributed by atoms with Gasteiger partial charge in [-0.1, -0.05) is 3.89 Å². The Morgan fingerprint density at radius 1 is 1.17 bits per heavy atom. The second-order valence-corrected chi connectivity index (χ2v) is 4.95. The van der Waals surface area contributed by atoms with Gasteiger partial charge in [0.1, 0.15) is 5.75 Å². The second-order valence-electron chi connectivity index (χ2n) is 4.00. The lowest BCUT2D eigenvalue weighted by molar-refractivity contribution is 0.0793. The van der Waals surface area contributed by atoms with Crippen molar-refractivity contribution in [1.29, 1.82) is 0 Å². The molecule has 0 aliphatic carbocycles. The lowest BCUT2D eigenvalue weighted by atomic mass is 10.2. The largest absolute Gasteiger partial charge is 0.488 e. The number of halogens is 1. The molecule has 2 rings (SSSR count). The zero-order chi connectivity index (χ0) is 13.2. The van der Waals surface area contributed by atoms with E-state index in [-0.39, 0.29) is 11.7 Å². The van der Waals surface area contributed by atoms with Crippen LogP contribution in [0, 0.1) is 0 Å². The maximum absolute atomic E-state index is 12.3. The van der Waals surface area contributed by atoms with Gasteiger partial charge in [-0.05, 0) is 37.1 Å². The number of hydrogen-bond acceptors (Lipinski definition) is 4. The summed E-state index contributed by atoms with van der Waals surface area (Å²) in [5, 5.41) is 0. The predicted octanol–water partition coefficient (Wildman–Crippen LogP) is 1.52. The summed E-state index contributed by atoms with van der Waals surface area (Å²) in [6.45, 7) is 1.46. The molecule has 18 heavy (non-hydrogen) atoms. The third kappa shape index (κ3) is 3.19. The molecular formula is C11H12FNO4S. The molecule has 98 valence electrons. The highest BCUT2D eigenvalue weighted by Crippen LogP contribution is 2.18. The van der Waals surface area contributed by atoms with Gasteiger partial charge in [0.05, 0.1) is 0 Å². The summed E-state index contributed by atoms with van der Waals surface area (Å²) in [7, 11) is -5.02. The van der Waals surface area contributed by atoms with Crippen molar-refractivity contribution in [2.75, 3.05) is 13.1 Å². The average Bonchev–Trinajstić information content (AvgIpc) is 2.80.